The maximum atomic E-state index is 12.5. The molecule has 0 radical (unpaired) electrons. The number of benzene rings is 2. The molecule has 176 valence electrons. The molecule has 1 aromatic heterocycles. The van der Waals surface area contributed by atoms with Crippen LogP contribution in [0.25, 0.3) is 11.4 Å². The minimum Gasteiger partial charge on any atom is -0.342 e. The fourth-order valence-corrected chi connectivity index (χ4v) is 3.87. The molecule has 2 N–H and O–H groups in total. The van der Waals surface area contributed by atoms with Crippen LogP contribution in [0.15, 0.2) is 54.6 Å². The first-order valence-electron chi connectivity index (χ1n) is 11.3. The molecule has 2 heterocycles. The van der Waals surface area contributed by atoms with Crippen molar-refractivity contribution >= 4 is 17.7 Å². The standard InChI is InChI=1S/C24H27N7O3/c1-2-21(32)30-14-6-9-20(16-30)24(34)27-26-23(33)19-12-10-17(11-13-19)15-31-28-22(25-29-31)18-7-4-3-5-8-18/h3-5,7-8,10-13,20H,2,6,9,14-16H2,1H3,(H,26,33)(H,27,34). The molecule has 1 fully saturated rings. The summed E-state index contributed by atoms with van der Waals surface area (Å²) in [6, 6.07) is 16.6. The Kier molecular flexibility index (Phi) is 7.26. The van der Waals surface area contributed by atoms with Crippen molar-refractivity contribution < 1.29 is 14.4 Å². The number of nitrogens with zero attached hydrogens (tertiary/aromatic N) is 5. The van der Waals surface area contributed by atoms with E-state index in [0.717, 1.165) is 17.5 Å². The van der Waals surface area contributed by atoms with E-state index in [1.165, 1.54) is 4.80 Å². The molecular weight excluding hydrogens is 434 g/mol. The molecule has 1 saturated heterocycles. The lowest BCUT2D eigenvalue weighted by molar-refractivity contribution is -0.135. The van der Waals surface area contributed by atoms with Gasteiger partial charge < -0.3 is 4.90 Å². The number of aromatic nitrogens is 4. The molecule has 3 aromatic rings. The summed E-state index contributed by atoms with van der Waals surface area (Å²) in [6.07, 6.45) is 1.88. The second kappa shape index (κ2) is 10.7. The molecule has 1 unspecified atom stereocenters. The summed E-state index contributed by atoms with van der Waals surface area (Å²) in [5.41, 5.74) is 7.16. The highest BCUT2D eigenvalue weighted by Gasteiger charge is 2.28. The van der Waals surface area contributed by atoms with Crippen LogP contribution in [0.2, 0.25) is 0 Å². The van der Waals surface area contributed by atoms with E-state index in [2.05, 4.69) is 26.3 Å². The average Bonchev–Trinajstić information content (AvgIpc) is 3.36. The normalized spacial score (nSPS) is 15.6. The van der Waals surface area contributed by atoms with Gasteiger partial charge in [0.2, 0.25) is 17.6 Å². The molecule has 10 heteroatoms. The third-order valence-electron chi connectivity index (χ3n) is 5.77. The molecule has 1 aliphatic heterocycles. The SMILES string of the molecule is CCC(=O)N1CCCC(C(=O)NNC(=O)c2ccc(Cn3nnc(-c4ccccc4)n3)cc2)C1. The van der Waals surface area contributed by atoms with Gasteiger partial charge in [0, 0.05) is 30.6 Å². The summed E-state index contributed by atoms with van der Waals surface area (Å²) >= 11 is 0. The van der Waals surface area contributed by atoms with E-state index in [1.54, 1.807) is 29.2 Å². The van der Waals surface area contributed by atoms with Crippen molar-refractivity contribution in [1.82, 2.24) is 36.0 Å². The van der Waals surface area contributed by atoms with Gasteiger partial charge in [0.25, 0.3) is 5.91 Å². The zero-order valence-corrected chi connectivity index (χ0v) is 19.0. The fraction of sp³-hybridized carbons (Fsp3) is 0.333. The number of hydrogen-bond donors (Lipinski definition) is 2. The summed E-state index contributed by atoms with van der Waals surface area (Å²) in [4.78, 5) is 40.0. The molecule has 0 saturated carbocycles. The number of likely N-dealkylation sites (tertiary alicyclic amines) is 1. The van der Waals surface area contributed by atoms with Crippen LogP contribution in [-0.2, 0) is 16.1 Å². The second-order valence-corrected chi connectivity index (χ2v) is 8.18. The van der Waals surface area contributed by atoms with Crippen molar-refractivity contribution in [3.05, 3.63) is 65.7 Å². The fourth-order valence-electron chi connectivity index (χ4n) is 3.87. The van der Waals surface area contributed by atoms with Crippen LogP contribution in [0.5, 0.6) is 0 Å². The Hall–Kier alpha value is -4.08. The Balaban J connectivity index is 1.28. The number of carbonyl (C=O) groups excluding carboxylic acids is 3. The van der Waals surface area contributed by atoms with Crippen molar-refractivity contribution in [3.8, 4) is 11.4 Å². The van der Waals surface area contributed by atoms with Crippen LogP contribution in [-0.4, -0.2) is 55.9 Å². The van der Waals surface area contributed by atoms with Crippen LogP contribution in [0.3, 0.4) is 0 Å². The molecule has 0 bridgehead atoms. The Morgan fingerprint density at radius 3 is 2.53 bits per heavy atom. The summed E-state index contributed by atoms with van der Waals surface area (Å²) in [6.45, 7) is 3.27. The molecule has 0 spiro atoms. The number of amides is 3. The number of carbonyl (C=O) groups is 3. The zero-order chi connectivity index (χ0) is 23.9. The smallest absolute Gasteiger partial charge is 0.269 e. The molecule has 1 aliphatic rings. The molecule has 0 aliphatic carbocycles. The Bertz CT molecular complexity index is 1140. The van der Waals surface area contributed by atoms with E-state index in [1.807, 2.05) is 37.3 Å². The third kappa shape index (κ3) is 5.64. The van der Waals surface area contributed by atoms with Crippen LogP contribution < -0.4 is 10.9 Å². The van der Waals surface area contributed by atoms with E-state index >= 15 is 0 Å². The van der Waals surface area contributed by atoms with Gasteiger partial charge in [-0.05, 0) is 35.8 Å². The zero-order valence-electron chi connectivity index (χ0n) is 19.0. The minimum atomic E-state index is -0.414. The van der Waals surface area contributed by atoms with Gasteiger partial charge in [-0.2, -0.15) is 4.80 Å². The number of hydrogen-bond acceptors (Lipinski definition) is 6. The maximum absolute atomic E-state index is 12.5. The predicted molar refractivity (Wildman–Crippen MR) is 124 cm³/mol. The molecule has 2 aromatic carbocycles. The van der Waals surface area contributed by atoms with Crippen molar-refractivity contribution in [2.24, 2.45) is 5.92 Å². The first kappa shape index (κ1) is 23.1. The summed E-state index contributed by atoms with van der Waals surface area (Å²) in [5, 5.41) is 12.6. The number of piperidine rings is 1. The van der Waals surface area contributed by atoms with Crippen molar-refractivity contribution in [2.45, 2.75) is 32.7 Å². The van der Waals surface area contributed by atoms with E-state index in [-0.39, 0.29) is 17.7 Å². The minimum absolute atomic E-state index is 0.0407. The van der Waals surface area contributed by atoms with Crippen LogP contribution in [0.1, 0.15) is 42.1 Å². The Morgan fingerprint density at radius 1 is 1.03 bits per heavy atom. The van der Waals surface area contributed by atoms with Crippen molar-refractivity contribution in [2.75, 3.05) is 13.1 Å². The average molecular weight is 462 g/mol. The van der Waals surface area contributed by atoms with Crippen LogP contribution >= 0.6 is 0 Å². The molecule has 4 rings (SSSR count). The van der Waals surface area contributed by atoms with E-state index in [0.29, 0.717) is 43.9 Å². The van der Waals surface area contributed by atoms with E-state index in [4.69, 9.17) is 0 Å². The monoisotopic (exact) mass is 461 g/mol. The molecule has 34 heavy (non-hydrogen) atoms. The lowest BCUT2D eigenvalue weighted by atomic mass is 9.97. The Labute approximate surface area is 197 Å². The molecule has 3 amide bonds. The van der Waals surface area contributed by atoms with Crippen LogP contribution in [0.4, 0.5) is 0 Å². The van der Waals surface area contributed by atoms with Crippen molar-refractivity contribution in [1.29, 1.82) is 0 Å². The van der Waals surface area contributed by atoms with Gasteiger partial charge in [0.1, 0.15) is 0 Å². The molecule has 1 atom stereocenters. The summed E-state index contributed by atoms with van der Waals surface area (Å²) in [5.74, 6) is -0.443. The first-order valence-corrected chi connectivity index (χ1v) is 11.3. The van der Waals surface area contributed by atoms with Gasteiger partial charge >= 0.3 is 0 Å². The Morgan fingerprint density at radius 2 is 1.79 bits per heavy atom. The summed E-state index contributed by atoms with van der Waals surface area (Å²) < 4.78 is 0. The maximum Gasteiger partial charge on any atom is 0.269 e. The quantitative estimate of drug-likeness (QED) is 0.540. The summed E-state index contributed by atoms with van der Waals surface area (Å²) in [7, 11) is 0. The van der Waals surface area contributed by atoms with Gasteiger partial charge in [0.15, 0.2) is 0 Å². The highest BCUT2D eigenvalue weighted by molar-refractivity contribution is 5.95. The first-order chi connectivity index (χ1) is 16.5. The molecule has 10 nitrogen and oxygen atoms in total. The lowest BCUT2D eigenvalue weighted by Crippen LogP contribution is -2.49. The lowest BCUT2D eigenvalue weighted by Gasteiger charge is -2.31. The van der Waals surface area contributed by atoms with Crippen molar-refractivity contribution in [3.63, 3.8) is 0 Å². The number of rotatable bonds is 6. The van der Waals surface area contributed by atoms with Crippen LogP contribution in [0, 0.1) is 5.92 Å². The van der Waals surface area contributed by atoms with E-state index in [9.17, 15) is 14.4 Å². The molecular formula is C24H27N7O3. The highest BCUT2D eigenvalue weighted by Crippen LogP contribution is 2.17. The number of nitrogens with one attached hydrogen (secondary N) is 2. The predicted octanol–water partition coefficient (Wildman–Crippen LogP) is 1.80. The largest absolute Gasteiger partial charge is 0.342 e. The highest BCUT2D eigenvalue weighted by atomic mass is 16.2. The van der Waals surface area contributed by atoms with E-state index < -0.39 is 5.91 Å². The van der Waals surface area contributed by atoms with Gasteiger partial charge in [0.05, 0.1) is 12.5 Å². The van der Waals surface area contributed by atoms with Gasteiger partial charge in [-0.3, -0.25) is 25.2 Å². The van der Waals surface area contributed by atoms with Gasteiger partial charge in [-0.25, -0.2) is 0 Å². The third-order valence-corrected chi connectivity index (χ3v) is 5.77. The second-order valence-electron chi connectivity index (χ2n) is 8.18. The van der Waals surface area contributed by atoms with Gasteiger partial charge in [-0.15, -0.1) is 10.2 Å². The van der Waals surface area contributed by atoms with Gasteiger partial charge in [-0.1, -0.05) is 49.4 Å². The topological polar surface area (TPSA) is 122 Å². The number of hydrazine groups is 1. The number of tetrazole rings is 1.